The van der Waals surface area contributed by atoms with Crippen molar-refractivity contribution in [2.45, 2.75) is 512 Å². The van der Waals surface area contributed by atoms with Crippen LogP contribution in [0.3, 0.4) is 0 Å². The maximum atomic E-state index is 2.56. The fourth-order valence-electron chi connectivity index (χ4n) is 12.7. The molecular formula is C131H270I4N6Pd2Pt2-4. The summed E-state index contributed by atoms with van der Waals surface area (Å²) in [4.78, 5) is 14.6. The smallest absolute Gasteiger partial charge is 0 e. The number of benzene rings is 6. The summed E-state index contributed by atoms with van der Waals surface area (Å²) in [5.41, 5.74) is 21.7. The molecule has 0 radical (unpaired) electrons. The van der Waals surface area contributed by atoms with Gasteiger partial charge in [0.05, 0.1) is 0 Å². The second-order valence-electron chi connectivity index (χ2n) is 25.4. The predicted octanol–water partition coefficient (Wildman–Crippen LogP) is 48.6. The van der Waals surface area contributed by atoms with Crippen molar-refractivity contribution in [3.05, 3.63) is 231 Å². The first-order valence-electron chi connectivity index (χ1n) is 56.9. The molecule has 0 N–H and O–H groups in total. The van der Waals surface area contributed by atoms with E-state index in [-0.39, 0.29) is 78.6 Å². The number of anilines is 6. The molecule has 0 amide bonds. The number of hydrogen-bond acceptors (Lipinski definition) is 6. The summed E-state index contributed by atoms with van der Waals surface area (Å²) in [5.74, 6) is 0. The van der Waals surface area contributed by atoms with Gasteiger partial charge in [0, 0.05) is 95.3 Å². The molecule has 6 aromatic carbocycles. The number of para-hydroxylation sites is 6. The van der Waals surface area contributed by atoms with Crippen LogP contribution in [-0.2, 0) is 121 Å². The van der Waals surface area contributed by atoms with Crippen molar-refractivity contribution in [1.29, 1.82) is 0 Å². The third-order valence-electron chi connectivity index (χ3n) is 17.7. The molecule has 0 fully saturated rings. The molecule has 0 heterocycles. The van der Waals surface area contributed by atoms with Gasteiger partial charge in [-0.15, -0.1) is 39.3 Å². The van der Waals surface area contributed by atoms with Crippen LogP contribution in [-0.4, -0.2) is 80.0 Å². The number of unbranched alkanes of at least 4 members (excludes halogenated alkanes) is 6. The van der Waals surface area contributed by atoms with E-state index in [1.807, 2.05) is 249 Å². The normalized spacial score (nSPS) is 7.98. The van der Waals surface area contributed by atoms with Gasteiger partial charge in [0.2, 0.25) is 0 Å². The second kappa shape index (κ2) is 208. The molecule has 0 unspecified atom stereocenters. The quantitative estimate of drug-likeness (QED) is 0.0165. The molecule has 0 aliphatic heterocycles. The Morgan fingerprint density at radius 3 is 0.614 bits per heavy atom. The molecule has 0 aliphatic carbocycles. The Balaban J connectivity index is -0.0000000424. The van der Waals surface area contributed by atoms with E-state index < -0.39 is 0 Å². The van der Waals surface area contributed by atoms with Crippen molar-refractivity contribution < 1.29 is 63.4 Å². The molecular weight excluding hydrogens is 2770 g/mol. The summed E-state index contributed by atoms with van der Waals surface area (Å²) in [6.45, 7) is 121. The first-order valence-corrected chi connectivity index (χ1v) is 79.0. The Morgan fingerprint density at radius 1 is 0.248 bits per heavy atom. The number of hydrogen-bond donors (Lipinski definition) is 0. The monoisotopic (exact) mass is 3040 g/mol. The summed E-state index contributed by atoms with van der Waals surface area (Å²) in [7, 11) is 7.44. The zero-order valence-corrected chi connectivity index (χ0v) is 123. The van der Waals surface area contributed by atoms with Crippen molar-refractivity contribution in [2.24, 2.45) is 0 Å². The van der Waals surface area contributed by atoms with Crippen LogP contribution in [0.4, 0.5) is 34.1 Å². The van der Waals surface area contributed by atoms with Gasteiger partial charge in [0.25, 0.3) is 0 Å². The van der Waals surface area contributed by atoms with E-state index in [1.54, 1.807) is 0 Å². The van der Waals surface area contributed by atoms with Crippen LogP contribution >= 0.6 is 77.7 Å². The molecule has 0 spiro atoms. The van der Waals surface area contributed by atoms with Gasteiger partial charge >= 0.3 is 121 Å². The molecule has 6 aromatic rings. The Hall–Kier alpha value is -0.259. The molecule has 0 atom stereocenters. The first kappa shape index (κ1) is 216. The molecule has 14 heteroatoms. The van der Waals surface area contributed by atoms with E-state index in [1.165, 1.54) is 155 Å². The summed E-state index contributed by atoms with van der Waals surface area (Å²) in [6.07, 6.45) is 34.9. The number of nitrogens with zero attached hydrogens (tertiary/aromatic N) is 6. The van der Waals surface area contributed by atoms with Gasteiger partial charge < -0.3 is 82.8 Å². The number of rotatable bonds is 39. The van der Waals surface area contributed by atoms with Crippen LogP contribution in [0.15, 0.2) is 127 Å². The van der Waals surface area contributed by atoms with E-state index >= 15 is 0 Å². The predicted molar refractivity (Wildman–Crippen MR) is 731 cm³/mol. The molecule has 0 saturated carbocycles. The summed E-state index contributed by atoms with van der Waals surface area (Å²) >= 11 is 9.95. The molecule has 0 aromatic heterocycles. The molecule has 145 heavy (non-hydrogen) atoms. The van der Waals surface area contributed by atoms with E-state index in [4.69, 9.17) is 0 Å². The fraction of sp³-hybridized carbons (Fsp3) is 0.664. The van der Waals surface area contributed by atoms with E-state index in [2.05, 4.69) is 419 Å². The zero-order valence-electron chi connectivity index (χ0n) is 107. The Labute approximate surface area is 1020 Å². The van der Waals surface area contributed by atoms with Crippen LogP contribution in [0.1, 0.15) is 504 Å². The molecule has 6 nitrogen and oxygen atoms in total. The van der Waals surface area contributed by atoms with Gasteiger partial charge in [-0.1, -0.05) is 503 Å². The largest absolute Gasteiger partial charge is 4.00 e. The standard InChI is InChI=1S/C16H27N.2C16H25N.C14H23N.2C14H22N.18C2H6.3CH4.2CH3.4HI.2Pd.2Pt/c3*1-4-7-10-14-17(13-5-2)16-12-9-8-11-15(16)6-3;3*1-5-11-15(4)14-12(6-2)9-8-10-13(14)7-3;18*1-2;;;;;;;;;;;;;/h8-9,11-12H,4-7,10,13-14H2,1-3H3;2*5,8-12H,4,6-7,13-14H2,1-3H3;8-10H,5-7,11H2,1-4H3;2*5,8-10H,6-7,11H2,1-4H3;18*1-2H3;3*1H4;2*1H3;4*1H;;;;/q;2*-2;;2*-1;;;;;;;;;;;;;;;;;;;;;;2*-1;;;;;;2*+2;+4/p-4. The Morgan fingerprint density at radius 2 is 0.434 bits per heavy atom. The van der Waals surface area contributed by atoms with Gasteiger partial charge in [-0.3, -0.25) is 0 Å². The third kappa shape index (κ3) is 129. The molecule has 0 aliphatic rings. The number of aryl methyl sites for hydroxylation is 9. The maximum Gasteiger partial charge on any atom is 4.00 e. The topological polar surface area (TPSA) is 19.4 Å². The van der Waals surface area contributed by atoms with E-state index in [0.717, 1.165) is 114 Å². The first-order chi connectivity index (χ1) is 67.5. The molecule has 0 saturated heterocycles. The van der Waals surface area contributed by atoms with Crippen LogP contribution in [0.5, 0.6) is 0 Å². The van der Waals surface area contributed by atoms with Crippen molar-refractivity contribution in [3.63, 3.8) is 0 Å². The van der Waals surface area contributed by atoms with Crippen LogP contribution in [0.2, 0.25) is 0 Å². The Kier molecular flexibility index (Phi) is 309. The van der Waals surface area contributed by atoms with Crippen LogP contribution in [0.25, 0.3) is 0 Å². The third-order valence-corrected chi connectivity index (χ3v) is 17.7. The summed E-state index contributed by atoms with van der Waals surface area (Å²) < 4.78 is 0. The molecule has 6 rings (SSSR count). The van der Waals surface area contributed by atoms with Gasteiger partial charge in [-0.25, -0.2) is 0 Å². The minimum Gasteiger partial charge on any atom is 0 e. The second-order valence-corrected chi connectivity index (χ2v) is 54.0. The minimum absolute atomic E-state index is 0. The van der Waals surface area contributed by atoms with Gasteiger partial charge in [0.15, 0.2) is 0 Å². The SMILES string of the molecule is C.C.C.CC.CC.CC.CC.CC.CC.CC.CC.CC.CC.CC.CC.CC.CC.CC.CC.CC.CC.CCCCCN(CCC)c1ccccc1CC.CCCN(C)c1c(CC)cccc1CC.C[CH-]CN(C)c1c(CC)cccc1CC.C[CH-]CN(C)c1c(CC)cccc1CC.C[CH-]CN(C[CH-]CCC)c1ccccc1CC.C[CH-]CN(C[CH-]CCC)c1ccccc1CC.[CH3-].[CH3-].[I][Pd][I].[I][Pt][I].[Pd].[Pt+4]. The maximum absolute atomic E-state index is 2.56. The molecule has 0 bridgehead atoms. The number of halogens is 4. The van der Waals surface area contributed by atoms with E-state index in [0.29, 0.717) is 11.2 Å². The van der Waals surface area contributed by atoms with Crippen LogP contribution < -0.4 is 29.4 Å². The van der Waals surface area contributed by atoms with Gasteiger partial charge in [-0.2, -0.15) is 40.5 Å². The zero-order chi connectivity index (χ0) is 113. The van der Waals surface area contributed by atoms with Crippen molar-refractivity contribution in [1.82, 2.24) is 0 Å². The van der Waals surface area contributed by atoms with Gasteiger partial charge in [-0.05, 0) is 145 Å². The van der Waals surface area contributed by atoms with Crippen LogP contribution in [0, 0.1) is 53.4 Å². The molecule has 896 valence electrons. The average Bonchev–Trinajstić information content (AvgIpc) is 0.838. The Bertz CT molecular complexity index is 2540. The minimum atomic E-state index is 0. The van der Waals surface area contributed by atoms with Gasteiger partial charge in [0.1, 0.15) is 0 Å². The van der Waals surface area contributed by atoms with Crippen molar-refractivity contribution in [2.75, 3.05) is 109 Å². The summed E-state index contributed by atoms with van der Waals surface area (Å²) in [6, 6.07) is 46.3. The fourth-order valence-corrected chi connectivity index (χ4v) is 12.7. The van der Waals surface area contributed by atoms with E-state index in [9.17, 15) is 0 Å². The average molecular weight is 3040 g/mol. The van der Waals surface area contributed by atoms with Crippen molar-refractivity contribution in [3.8, 4) is 0 Å². The van der Waals surface area contributed by atoms with Crippen molar-refractivity contribution >= 4 is 112 Å². The summed E-state index contributed by atoms with van der Waals surface area (Å²) in [5, 5.41) is 0.